The molecule has 2 aromatic rings. The van der Waals surface area contributed by atoms with E-state index in [0.29, 0.717) is 10.6 Å². The van der Waals surface area contributed by atoms with E-state index in [1.54, 1.807) is 6.07 Å². The number of likely N-dealkylation sites (N-methyl/N-ethyl adjacent to an activating group) is 1. The number of hydrogen-bond acceptors (Lipinski definition) is 5. The summed E-state index contributed by atoms with van der Waals surface area (Å²) in [5.41, 5.74) is 0.495. The molecule has 0 heterocycles. The fourth-order valence-corrected chi connectivity index (χ4v) is 3.98. The minimum absolute atomic E-state index is 0.0295. The Kier molecular flexibility index (Phi) is 7.99. The van der Waals surface area contributed by atoms with E-state index in [1.807, 2.05) is 0 Å². The molecule has 0 spiro atoms. The van der Waals surface area contributed by atoms with E-state index in [-0.39, 0.29) is 22.9 Å². The second-order valence-electron chi connectivity index (χ2n) is 6.35. The van der Waals surface area contributed by atoms with Gasteiger partial charge in [0.05, 0.1) is 18.0 Å². The molecule has 11 heteroatoms. The molecular weight excluding hydrogens is 442 g/mol. The Labute approximate surface area is 178 Å². The van der Waals surface area contributed by atoms with Gasteiger partial charge in [0.15, 0.2) is 11.5 Å². The molecule has 0 bridgehead atoms. The summed E-state index contributed by atoms with van der Waals surface area (Å²) in [6, 6.07) is 8.81. The summed E-state index contributed by atoms with van der Waals surface area (Å²) in [5.74, 6) is -0.556. The van der Waals surface area contributed by atoms with Gasteiger partial charge >= 0.3 is 6.61 Å². The normalized spacial score (nSPS) is 12.5. The molecule has 0 aromatic heterocycles. The van der Waals surface area contributed by atoms with E-state index in [0.717, 1.165) is 0 Å². The molecule has 1 amide bonds. The molecule has 2 aromatic carbocycles. The first-order chi connectivity index (χ1) is 14.0. The lowest BCUT2D eigenvalue weighted by Gasteiger charge is -2.22. The molecule has 2 rings (SSSR count). The summed E-state index contributed by atoms with van der Waals surface area (Å²) < 4.78 is 61.7. The fourth-order valence-electron chi connectivity index (χ4n) is 2.65. The zero-order valence-electron chi connectivity index (χ0n) is 16.4. The predicted octanol–water partition coefficient (Wildman–Crippen LogP) is 3.28. The Bertz CT molecular complexity index is 987. The van der Waals surface area contributed by atoms with Gasteiger partial charge in [0.1, 0.15) is 0 Å². The maximum atomic E-state index is 12.6. The first-order valence-corrected chi connectivity index (χ1v) is 10.5. The highest BCUT2D eigenvalue weighted by atomic mass is 35.5. The quantitative estimate of drug-likeness (QED) is 0.618. The number of carbonyl (C=O) groups is 1. The molecule has 0 aliphatic rings. The number of ether oxygens (including phenoxy) is 2. The molecule has 0 aliphatic heterocycles. The van der Waals surface area contributed by atoms with Gasteiger partial charge in [-0.15, -0.1) is 0 Å². The number of nitrogens with one attached hydrogen (secondary N) is 1. The first kappa shape index (κ1) is 23.8. The largest absolute Gasteiger partial charge is 0.493 e. The van der Waals surface area contributed by atoms with E-state index < -0.39 is 28.6 Å². The van der Waals surface area contributed by atoms with Crippen molar-refractivity contribution in [2.75, 3.05) is 14.2 Å². The van der Waals surface area contributed by atoms with E-state index in [1.165, 1.54) is 62.4 Å². The lowest BCUT2D eigenvalue weighted by atomic mass is 10.2. The van der Waals surface area contributed by atoms with Gasteiger partial charge in [0.2, 0.25) is 15.9 Å². The van der Waals surface area contributed by atoms with Crippen LogP contribution in [0.2, 0.25) is 5.02 Å². The molecule has 1 N–H and O–H groups in total. The number of amides is 1. The molecule has 0 aliphatic carbocycles. The Balaban J connectivity index is 2.08. The second kappa shape index (κ2) is 10.1. The van der Waals surface area contributed by atoms with Crippen LogP contribution < -0.4 is 14.2 Å². The third kappa shape index (κ3) is 6.28. The highest BCUT2D eigenvalue weighted by molar-refractivity contribution is 7.89. The molecular formula is C19H21ClF2N2O5S. The molecule has 30 heavy (non-hydrogen) atoms. The average Bonchev–Trinajstić information content (AvgIpc) is 2.67. The fraction of sp³-hybridized carbons (Fsp3) is 0.316. The number of halogens is 3. The van der Waals surface area contributed by atoms with E-state index in [4.69, 9.17) is 16.3 Å². The van der Waals surface area contributed by atoms with Crippen molar-refractivity contribution in [1.82, 2.24) is 9.62 Å². The van der Waals surface area contributed by atoms with Crippen molar-refractivity contribution in [1.29, 1.82) is 0 Å². The van der Waals surface area contributed by atoms with Crippen LogP contribution in [-0.4, -0.2) is 46.0 Å². The number of sulfonamides is 1. The molecule has 0 saturated carbocycles. The number of alkyl halides is 2. The topological polar surface area (TPSA) is 84.9 Å². The third-order valence-electron chi connectivity index (χ3n) is 4.07. The van der Waals surface area contributed by atoms with Gasteiger partial charge in [-0.05, 0) is 48.9 Å². The van der Waals surface area contributed by atoms with Crippen LogP contribution in [0.25, 0.3) is 0 Å². The van der Waals surface area contributed by atoms with Gasteiger partial charge in [-0.1, -0.05) is 17.7 Å². The smallest absolute Gasteiger partial charge is 0.387 e. The van der Waals surface area contributed by atoms with Gasteiger partial charge in [-0.3, -0.25) is 4.79 Å². The summed E-state index contributed by atoms with van der Waals surface area (Å²) >= 11 is 5.76. The second-order valence-corrected chi connectivity index (χ2v) is 8.51. The zero-order valence-corrected chi connectivity index (χ0v) is 18.0. The number of hydrogen-bond donors (Lipinski definition) is 1. The van der Waals surface area contributed by atoms with Gasteiger partial charge in [-0.2, -0.15) is 13.5 Å². The van der Waals surface area contributed by atoms with Crippen LogP contribution in [0, 0.1) is 0 Å². The maximum Gasteiger partial charge on any atom is 0.387 e. The van der Waals surface area contributed by atoms with Crippen molar-refractivity contribution >= 4 is 27.5 Å². The molecule has 7 nitrogen and oxygen atoms in total. The summed E-state index contributed by atoms with van der Waals surface area (Å²) in [7, 11) is -1.15. The monoisotopic (exact) mass is 462 g/mol. The highest BCUT2D eigenvalue weighted by Gasteiger charge is 2.24. The van der Waals surface area contributed by atoms with E-state index in [9.17, 15) is 22.0 Å². The first-order valence-electron chi connectivity index (χ1n) is 8.68. The van der Waals surface area contributed by atoms with Crippen LogP contribution in [0.15, 0.2) is 47.4 Å². The molecule has 0 saturated heterocycles. The molecule has 0 radical (unpaired) electrons. The minimum atomic E-state index is -3.93. The SMILES string of the molecule is COc1ccc(CN(C)C(=O)[C@H](C)NS(=O)(=O)c2ccc(Cl)cc2)cc1OC(F)F. The zero-order chi connectivity index (χ0) is 22.5. The highest BCUT2D eigenvalue weighted by Crippen LogP contribution is 2.30. The van der Waals surface area contributed by atoms with Crippen LogP contribution in [-0.2, 0) is 21.4 Å². The third-order valence-corrected chi connectivity index (χ3v) is 5.87. The molecule has 0 unspecified atom stereocenters. The standard InChI is InChI=1S/C19H21ClF2N2O5S/c1-12(23-30(26,27)15-7-5-14(20)6-8-15)18(25)24(2)11-13-4-9-16(28-3)17(10-13)29-19(21)22/h4-10,12,19,23H,11H2,1-3H3/t12-/m0/s1. The van der Waals surface area contributed by atoms with Crippen molar-refractivity contribution in [3.8, 4) is 11.5 Å². The van der Waals surface area contributed by atoms with Crippen LogP contribution in [0.1, 0.15) is 12.5 Å². The van der Waals surface area contributed by atoms with Crippen LogP contribution in [0.5, 0.6) is 11.5 Å². The predicted molar refractivity (Wildman–Crippen MR) is 107 cm³/mol. The number of carbonyl (C=O) groups excluding carboxylic acids is 1. The van der Waals surface area contributed by atoms with Gasteiger partial charge in [0, 0.05) is 18.6 Å². The van der Waals surface area contributed by atoms with E-state index >= 15 is 0 Å². The number of nitrogens with zero attached hydrogens (tertiary/aromatic N) is 1. The Morgan fingerprint density at radius 2 is 1.80 bits per heavy atom. The Morgan fingerprint density at radius 3 is 2.37 bits per heavy atom. The van der Waals surface area contributed by atoms with Crippen LogP contribution >= 0.6 is 11.6 Å². The molecule has 164 valence electrons. The Morgan fingerprint density at radius 1 is 1.17 bits per heavy atom. The molecule has 1 atom stereocenters. The van der Waals surface area contributed by atoms with Crippen molar-refractivity contribution in [3.05, 3.63) is 53.1 Å². The number of benzene rings is 2. The summed E-state index contributed by atoms with van der Waals surface area (Å²) in [4.78, 5) is 13.8. The Hall–Kier alpha value is -2.43. The van der Waals surface area contributed by atoms with Crippen molar-refractivity contribution in [3.63, 3.8) is 0 Å². The van der Waals surface area contributed by atoms with Crippen LogP contribution in [0.3, 0.4) is 0 Å². The van der Waals surface area contributed by atoms with Gasteiger partial charge < -0.3 is 14.4 Å². The lowest BCUT2D eigenvalue weighted by molar-refractivity contribution is -0.131. The summed E-state index contributed by atoms with van der Waals surface area (Å²) in [6.07, 6.45) is 0. The van der Waals surface area contributed by atoms with Crippen LogP contribution in [0.4, 0.5) is 8.78 Å². The summed E-state index contributed by atoms with van der Waals surface area (Å²) in [6.45, 7) is -1.59. The number of methoxy groups -OCH3 is 1. The van der Waals surface area contributed by atoms with Gasteiger partial charge in [-0.25, -0.2) is 8.42 Å². The van der Waals surface area contributed by atoms with Crippen molar-refractivity contribution in [2.24, 2.45) is 0 Å². The molecule has 0 fully saturated rings. The lowest BCUT2D eigenvalue weighted by Crippen LogP contribution is -2.45. The van der Waals surface area contributed by atoms with Gasteiger partial charge in [0.25, 0.3) is 0 Å². The minimum Gasteiger partial charge on any atom is -0.493 e. The number of rotatable bonds is 9. The average molecular weight is 463 g/mol. The van der Waals surface area contributed by atoms with Crippen molar-refractivity contribution < 1.29 is 31.5 Å². The van der Waals surface area contributed by atoms with Crippen molar-refractivity contribution in [2.45, 2.75) is 31.0 Å². The maximum absolute atomic E-state index is 12.6. The summed E-state index contributed by atoms with van der Waals surface area (Å²) in [5, 5.41) is 0.382. The van der Waals surface area contributed by atoms with E-state index in [2.05, 4.69) is 9.46 Å².